The van der Waals surface area contributed by atoms with Gasteiger partial charge in [-0.1, -0.05) is 4.40 Å². The van der Waals surface area contributed by atoms with Gasteiger partial charge in [-0.05, 0) is 24.6 Å². The number of nitrogens with zero attached hydrogens (tertiary/aromatic N) is 4. The summed E-state index contributed by atoms with van der Waals surface area (Å²) in [6.45, 7) is 2.00. The second-order valence-electron chi connectivity index (χ2n) is 8.21. The molecule has 0 aliphatic carbocycles. The Morgan fingerprint density at radius 2 is 2.09 bits per heavy atom. The summed E-state index contributed by atoms with van der Waals surface area (Å²) in [5, 5.41) is 7.51. The van der Waals surface area contributed by atoms with Gasteiger partial charge in [0.15, 0.2) is 12.7 Å². The lowest BCUT2D eigenvalue weighted by Gasteiger charge is -2.35. The zero-order valence-electron chi connectivity index (χ0n) is 18.4. The maximum Gasteiger partial charge on any atom is 0.414 e. The van der Waals surface area contributed by atoms with Crippen molar-refractivity contribution in [2.45, 2.75) is 31.5 Å². The highest BCUT2D eigenvalue weighted by atomic mass is 32.1. The monoisotopic (exact) mass is 494 g/mol. The first-order valence-electron chi connectivity index (χ1n) is 10.6. The number of carbonyl (C=O) groups is 3. The zero-order chi connectivity index (χ0) is 24.4. The standard InChI is InChI=1S/C21H24FN5O6S/c1-12(28)31-11-20(29)26-8-14-4-15(26)7-25(14)18-3-2-13(5-17(18)22)27-9-16(33-21(27)30)10-32-19(23)6-24-34/h2-3,5-6,14-16,23,34H,4,7-11H2,1H3/p+1/b23-19?,24-6-/t14?,15?,16-/m1/s1. The number of halogens is 1. The van der Waals surface area contributed by atoms with E-state index in [2.05, 4.69) is 17.2 Å². The molecule has 3 atom stereocenters. The number of carbonyl (C=O) groups excluding carboxylic acids is 3. The number of piperazine rings is 1. The lowest BCUT2D eigenvalue weighted by Crippen LogP contribution is -2.50. The summed E-state index contributed by atoms with van der Waals surface area (Å²) in [4.78, 5) is 40.4. The number of nitrogens with one attached hydrogen (secondary N) is 1. The molecule has 3 heterocycles. The Morgan fingerprint density at radius 3 is 2.74 bits per heavy atom. The van der Waals surface area contributed by atoms with Crippen molar-refractivity contribution < 1.29 is 33.0 Å². The summed E-state index contributed by atoms with van der Waals surface area (Å²) >= 11 is 2.85. The molecule has 1 aromatic rings. The number of esters is 1. The van der Waals surface area contributed by atoms with Crippen LogP contribution in [-0.2, 0) is 36.6 Å². The maximum atomic E-state index is 15.1. The number of cyclic esters (lactones) is 1. The number of hydrogen-bond donors (Lipinski definition) is 1. The Bertz CT molecular complexity index is 1040. The smallest absolute Gasteiger partial charge is 0.414 e. The van der Waals surface area contributed by atoms with Gasteiger partial charge in [0.25, 0.3) is 5.91 Å². The van der Waals surface area contributed by atoms with Crippen molar-refractivity contribution in [1.82, 2.24) is 4.90 Å². The third-order valence-corrected chi connectivity index (χ3v) is 6.12. The summed E-state index contributed by atoms with van der Waals surface area (Å²) < 4.78 is 33.8. The number of anilines is 2. The van der Waals surface area contributed by atoms with Gasteiger partial charge in [-0.15, -0.1) is 0 Å². The average molecular weight is 495 g/mol. The van der Waals surface area contributed by atoms with Crippen molar-refractivity contribution in [3.63, 3.8) is 0 Å². The molecule has 1 aromatic carbocycles. The zero-order valence-corrected chi connectivity index (χ0v) is 19.4. The molecule has 34 heavy (non-hydrogen) atoms. The van der Waals surface area contributed by atoms with E-state index in [-0.39, 0.29) is 43.6 Å². The summed E-state index contributed by atoms with van der Waals surface area (Å²) in [6.07, 6.45) is 0.633. The minimum atomic E-state index is -0.622. The van der Waals surface area contributed by atoms with Crippen molar-refractivity contribution in [1.29, 1.82) is 5.41 Å². The molecule has 0 saturated carbocycles. The molecule has 3 aliphatic heterocycles. The van der Waals surface area contributed by atoms with Gasteiger partial charge in [-0.2, -0.15) is 0 Å². The van der Waals surface area contributed by atoms with Gasteiger partial charge in [-0.3, -0.25) is 19.9 Å². The molecule has 1 N–H and O–H groups in total. The number of likely N-dealkylation sites (tertiary alicyclic amines) is 1. The molecule has 0 spiro atoms. The Kier molecular flexibility index (Phi) is 6.91. The number of fused-ring (bicyclic) bond motifs is 2. The molecular formula is C21H25FN5O6S+. The summed E-state index contributed by atoms with van der Waals surface area (Å²) in [5.41, 5.74) is 0.756. The van der Waals surface area contributed by atoms with Gasteiger partial charge in [0.1, 0.15) is 18.6 Å². The molecule has 3 aliphatic rings. The predicted molar refractivity (Wildman–Crippen MR) is 124 cm³/mol. The SMILES string of the molecule is CC(=O)OCC(=O)N1CC2CC1CN2c1ccc(N2C[C@H](COC(=N)/C=N\[SH2+])OC2=O)cc1F. The highest BCUT2D eigenvalue weighted by molar-refractivity contribution is 7.57. The largest absolute Gasteiger partial charge is 0.473 e. The Balaban J connectivity index is 1.36. The predicted octanol–water partition coefficient (Wildman–Crippen LogP) is 0.495. The first-order chi connectivity index (χ1) is 16.3. The summed E-state index contributed by atoms with van der Waals surface area (Å²) in [7, 11) is 0. The van der Waals surface area contributed by atoms with Crippen LogP contribution in [0.5, 0.6) is 0 Å². The van der Waals surface area contributed by atoms with Gasteiger partial charge in [0, 0.05) is 26.1 Å². The molecule has 3 fully saturated rings. The maximum absolute atomic E-state index is 15.1. The first-order valence-corrected chi connectivity index (χ1v) is 11.1. The molecule has 0 radical (unpaired) electrons. The number of ether oxygens (including phenoxy) is 3. The van der Waals surface area contributed by atoms with Crippen LogP contribution in [0.2, 0.25) is 0 Å². The van der Waals surface area contributed by atoms with Crippen molar-refractivity contribution in [2.75, 3.05) is 42.6 Å². The molecule has 11 nitrogen and oxygen atoms in total. The first kappa shape index (κ1) is 23.8. The fraction of sp³-hybridized carbons (Fsp3) is 0.476. The Labute approximate surface area is 200 Å². The third kappa shape index (κ3) is 4.93. The number of rotatable bonds is 7. The van der Waals surface area contributed by atoms with E-state index >= 15 is 4.39 Å². The van der Waals surface area contributed by atoms with E-state index < -0.39 is 24.0 Å². The molecule has 3 saturated heterocycles. The van der Waals surface area contributed by atoms with Crippen LogP contribution in [0.15, 0.2) is 22.6 Å². The Hall–Kier alpha value is -3.35. The van der Waals surface area contributed by atoms with E-state index in [1.54, 1.807) is 17.0 Å². The van der Waals surface area contributed by atoms with Crippen LogP contribution in [0, 0.1) is 11.2 Å². The quantitative estimate of drug-likeness (QED) is 0.253. The summed E-state index contributed by atoms with van der Waals surface area (Å²) in [6, 6.07) is 4.44. The number of amides is 2. The minimum absolute atomic E-state index is 0.0244. The van der Waals surface area contributed by atoms with Crippen LogP contribution in [0.25, 0.3) is 0 Å². The normalized spacial score (nSPS) is 23.6. The molecular weight excluding hydrogens is 469 g/mol. The van der Waals surface area contributed by atoms with Crippen LogP contribution < -0.4 is 9.80 Å². The van der Waals surface area contributed by atoms with Crippen molar-refractivity contribution in [3.05, 3.63) is 24.0 Å². The fourth-order valence-electron chi connectivity index (χ4n) is 4.51. The second-order valence-corrected chi connectivity index (χ2v) is 8.47. The minimum Gasteiger partial charge on any atom is -0.473 e. The Morgan fingerprint density at radius 1 is 1.29 bits per heavy atom. The number of hydrogen-bond acceptors (Lipinski definition) is 9. The fourth-order valence-corrected chi connectivity index (χ4v) is 4.63. The van der Waals surface area contributed by atoms with E-state index in [9.17, 15) is 14.4 Å². The van der Waals surface area contributed by atoms with E-state index in [1.165, 1.54) is 17.9 Å². The van der Waals surface area contributed by atoms with E-state index in [0.717, 1.165) is 6.21 Å². The van der Waals surface area contributed by atoms with Crippen LogP contribution in [0.3, 0.4) is 0 Å². The van der Waals surface area contributed by atoms with Crippen LogP contribution in [0.1, 0.15) is 13.3 Å². The van der Waals surface area contributed by atoms with E-state index in [4.69, 9.17) is 19.6 Å². The van der Waals surface area contributed by atoms with Gasteiger partial charge in [0.05, 0.1) is 36.8 Å². The van der Waals surface area contributed by atoms with Crippen molar-refractivity contribution in [3.8, 4) is 0 Å². The average Bonchev–Trinajstić information content (AvgIpc) is 3.50. The molecule has 182 valence electrons. The lowest BCUT2D eigenvalue weighted by molar-refractivity contribution is -0.150. The van der Waals surface area contributed by atoms with Crippen LogP contribution >= 0.6 is 0 Å². The molecule has 2 amide bonds. The molecule has 4 rings (SSSR count). The molecule has 13 heteroatoms. The van der Waals surface area contributed by atoms with Gasteiger partial charge >= 0.3 is 12.1 Å². The van der Waals surface area contributed by atoms with Crippen LogP contribution in [0.4, 0.5) is 20.6 Å². The lowest BCUT2D eigenvalue weighted by atomic mass is 10.2. The van der Waals surface area contributed by atoms with Gasteiger partial charge < -0.3 is 24.0 Å². The van der Waals surface area contributed by atoms with E-state index in [0.29, 0.717) is 30.9 Å². The highest BCUT2D eigenvalue weighted by Crippen LogP contribution is 2.37. The van der Waals surface area contributed by atoms with Gasteiger partial charge in [0.2, 0.25) is 5.90 Å². The number of benzene rings is 1. The molecule has 0 aromatic heterocycles. The molecule has 2 bridgehead atoms. The second kappa shape index (κ2) is 9.87. The summed E-state index contributed by atoms with van der Waals surface area (Å²) in [5.74, 6) is -1.43. The van der Waals surface area contributed by atoms with Crippen molar-refractivity contribution >= 4 is 54.3 Å². The highest BCUT2D eigenvalue weighted by Gasteiger charge is 2.46. The third-order valence-electron chi connectivity index (χ3n) is 5.99. The topological polar surface area (TPSA) is 125 Å². The van der Waals surface area contributed by atoms with Gasteiger partial charge in [-0.25, -0.2) is 9.18 Å². The molecule has 2 unspecified atom stereocenters. The van der Waals surface area contributed by atoms with Crippen LogP contribution in [-0.4, -0.2) is 86.0 Å². The van der Waals surface area contributed by atoms with E-state index in [1.807, 2.05) is 4.90 Å². The van der Waals surface area contributed by atoms with Crippen molar-refractivity contribution in [2.24, 2.45) is 4.40 Å².